The summed E-state index contributed by atoms with van der Waals surface area (Å²) in [5, 5.41) is 6.77. The summed E-state index contributed by atoms with van der Waals surface area (Å²) in [4.78, 5) is 11.7. The standard InChI is InChI=1S/C11H15N3O/c1-4-10(5-2)13-11(15)9(3)14-8-6-7-12-14/h1,6-10H,5H2,2-3H3,(H,13,15). The zero-order valence-electron chi connectivity index (χ0n) is 8.97. The van der Waals surface area contributed by atoms with Crippen LogP contribution in [0.1, 0.15) is 26.3 Å². The SMILES string of the molecule is C#CC(CC)NC(=O)C(C)n1cccn1. The van der Waals surface area contributed by atoms with Gasteiger partial charge in [0.15, 0.2) is 0 Å². The zero-order valence-corrected chi connectivity index (χ0v) is 8.97. The Morgan fingerprint density at radius 2 is 2.47 bits per heavy atom. The van der Waals surface area contributed by atoms with Crippen molar-refractivity contribution in [1.29, 1.82) is 0 Å². The van der Waals surface area contributed by atoms with Gasteiger partial charge >= 0.3 is 0 Å². The summed E-state index contributed by atoms with van der Waals surface area (Å²) in [6.07, 6.45) is 9.39. The molecule has 0 fully saturated rings. The molecule has 1 rings (SSSR count). The Labute approximate surface area is 89.7 Å². The van der Waals surface area contributed by atoms with Crippen molar-refractivity contribution in [3.8, 4) is 12.3 Å². The van der Waals surface area contributed by atoms with Gasteiger partial charge in [-0.3, -0.25) is 9.48 Å². The highest BCUT2D eigenvalue weighted by atomic mass is 16.2. The Morgan fingerprint density at radius 3 is 2.93 bits per heavy atom. The second kappa shape index (κ2) is 5.20. The topological polar surface area (TPSA) is 46.9 Å². The van der Waals surface area contributed by atoms with Crippen molar-refractivity contribution in [3.63, 3.8) is 0 Å². The largest absolute Gasteiger partial charge is 0.341 e. The van der Waals surface area contributed by atoms with E-state index in [1.807, 2.05) is 6.92 Å². The highest BCUT2D eigenvalue weighted by Crippen LogP contribution is 2.03. The van der Waals surface area contributed by atoms with E-state index in [9.17, 15) is 4.79 Å². The van der Waals surface area contributed by atoms with Crippen molar-refractivity contribution < 1.29 is 4.79 Å². The van der Waals surface area contributed by atoms with Gasteiger partial charge in [-0.15, -0.1) is 6.42 Å². The molecule has 2 unspecified atom stereocenters. The first-order valence-corrected chi connectivity index (χ1v) is 4.94. The lowest BCUT2D eigenvalue weighted by Gasteiger charge is -2.15. The smallest absolute Gasteiger partial charge is 0.245 e. The van der Waals surface area contributed by atoms with E-state index in [0.29, 0.717) is 0 Å². The van der Waals surface area contributed by atoms with E-state index < -0.39 is 0 Å². The molecule has 0 bridgehead atoms. The Kier molecular flexibility index (Phi) is 3.92. The van der Waals surface area contributed by atoms with E-state index in [2.05, 4.69) is 16.3 Å². The first-order valence-electron chi connectivity index (χ1n) is 4.94. The van der Waals surface area contributed by atoms with Crippen LogP contribution in [0.4, 0.5) is 0 Å². The van der Waals surface area contributed by atoms with E-state index in [4.69, 9.17) is 6.42 Å². The van der Waals surface area contributed by atoms with E-state index in [1.54, 1.807) is 30.1 Å². The van der Waals surface area contributed by atoms with Crippen LogP contribution in [-0.4, -0.2) is 21.7 Å². The number of nitrogens with one attached hydrogen (secondary N) is 1. The fourth-order valence-corrected chi connectivity index (χ4v) is 1.18. The van der Waals surface area contributed by atoms with Crippen LogP contribution in [0, 0.1) is 12.3 Å². The molecule has 0 radical (unpaired) electrons. The molecule has 1 heterocycles. The van der Waals surface area contributed by atoms with Gasteiger partial charge in [0.05, 0.1) is 6.04 Å². The van der Waals surface area contributed by atoms with Gasteiger partial charge in [-0.1, -0.05) is 12.8 Å². The number of hydrogen-bond acceptors (Lipinski definition) is 2. The van der Waals surface area contributed by atoms with Crippen LogP contribution in [-0.2, 0) is 4.79 Å². The van der Waals surface area contributed by atoms with Gasteiger partial charge < -0.3 is 5.32 Å². The Morgan fingerprint density at radius 1 is 1.73 bits per heavy atom. The minimum Gasteiger partial charge on any atom is -0.341 e. The first kappa shape index (κ1) is 11.3. The molecule has 0 aliphatic carbocycles. The lowest BCUT2D eigenvalue weighted by atomic mass is 10.2. The van der Waals surface area contributed by atoms with Crippen molar-refractivity contribution >= 4 is 5.91 Å². The van der Waals surface area contributed by atoms with Crippen LogP contribution in [0.5, 0.6) is 0 Å². The third-order valence-corrected chi connectivity index (χ3v) is 2.23. The van der Waals surface area contributed by atoms with Crippen LogP contribution in [0.2, 0.25) is 0 Å². The molecule has 4 nitrogen and oxygen atoms in total. The third kappa shape index (κ3) is 2.84. The van der Waals surface area contributed by atoms with Gasteiger partial charge in [0, 0.05) is 12.4 Å². The molecule has 0 spiro atoms. The van der Waals surface area contributed by atoms with Gasteiger partial charge in [-0.25, -0.2) is 0 Å². The number of nitrogens with zero attached hydrogens (tertiary/aromatic N) is 2. The molecule has 0 aliphatic rings. The number of carbonyl (C=O) groups excluding carboxylic acids is 1. The summed E-state index contributed by atoms with van der Waals surface area (Å²) in [6, 6.07) is 1.25. The summed E-state index contributed by atoms with van der Waals surface area (Å²) in [7, 11) is 0. The average Bonchev–Trinajstić information content (AvgIpc) is 2.77. The van der Waals surface area contributed by atoms with Crippen molar-refractivity contribution in [2.45, 2.75) is 32.4 Å². The summed E-state index contributed by atoms with van der Waals surface area (Å²) in [5.74, 6) is 2.41. The minimum atomic E-state index is -0.331. The molecule has 4 heteroatoms. The maximum Gasteiger partial charge on any atom is 0.245 e. The molecular formula is C11H15N3O. The monoisotopic (exact) mass is 205 g/mol. The van der Waals surface area contributed by atoms with Crippen LogP contribution in [0.15, 0.2) is 18.5 Å². The summed E-state index contributed by atoms with van der Waals surface area (Å²) in [6.45, 7) is 3.72. The van der Waals surface area contributed by atoms with E-state index >= 15 is 0 Å². The number of carbonyl (C=O) groups is 1. The summed E-state index contributed by atoms with van der Waals surface area (Å²) >= 11 is 0. The lowest BCUT2D eigenvalue weighted by molar-refractivity contribution is -0.124. The van der Waals surface area contributed by atoms with Gasteiger partial charge in [0.1, 0.15) is 6.04 Å². The molecular weight excluding hydrogens is 190 g/mol. The maximum absolute atomic E-state index is 11.7. The fourth-order valence-electron chi connectivity index (χ4n) is 1.18. The highest BCUT2D eigenvalue weighted by molar-refractivity contribution is 5.80. The third-order valence-electron chi connectivity index (χ3n) is 2.23. The summed E-state index contributed by atoms with van der Waals surface area (Å²) in [5.41, 5.74) is 0. The summed E-state index contributed by atoms with van der Waals surface area (Å²) < 4.78 is 1.60. The predicted octanol–water partition coefficient (Wildman–Crippen LogP) is 0.972. The van der Waals surface area contributed by atoms with E-state index in [-0.39, 0.29) is 18.0 Å². The number of rotatable bonds is 4. The van der Waals surface area contributed by atoms with Crippen LogP contribution in [0.3, 0.4) is 0 Å². The quantitative estimate of drug-likeness (QED) is 0.744. The van der Waals surface area contributed by atoms with Gasteiger partial charge in [0.2, 0.25) is 5.91 Å². The Bertz CT molecular complexity index is 350. The molecule has 1 aromatic rings. The second-order valence-electron chi connectivity index (χ2n) is 3.30. The normalized spacial score (nSPS) is 13.9. The van der Waals surface area contributed by atoms with Crippen molar-refractivity contribution in [2.75, 3.05) is 0 Å². The lowest BCUT2D eigenvalue weighted by Crippen LogP contribution is -2.37. The predicted molar refractivity (Wildman–Crippen MR) is 58.0 cm³/mol. The molecule has 2 atom stereocenters. The van der Waals surface area contributed by atoms with Gasteiger partial charge in [-0.2, -0.15) is 5.10 Å². The van der Waals surface area contributed by atoms with Crippen LogP contribution < -0.4 is 5.32 Å². The highest BCUT2D eigenvalue weighted by Gasteiger charge is 2.16. The Balaban J connectivity index is 2.58. The van der Waals surface area contributed by atoms with Crippen molar-refractivity contribution in [3.05, 3.63) is 18.5 Å². The number of terminal acetylenes is 1. The maximum atomic E-state index is 11.7. The molecule has 1 N–H and O–H groups in total. The van der Waals surface area contributed by atoms with Crippen molar-refractivity contribution in [2.24, 2.45) is 0 Å². The molecule has 1 aromatic heterocycles. The van der Waals surface area contributed by atoms with Gasteiger partial charge in [-0.05, 0) is 19.4 Å². The fraction of sp³-hybridized carbons (Fsp3) is 0.455. The van der Waals surface area contributed by atoms with E-state index in [1.165, 1.54) is 0 Å². The molecule has 15 heavy (non-hydrogen) atoms. The van der Waals surface area contributed by atoms with Crippen LogP contribution >= 0.6 is 0 Å². The Hall–Kier alpha value is -1.76. The second-order valence-corrected chi connectivity index (χ2v) is 3.30. The van der Waals surface area contributed by atoms with Gasteiger partial charge in [0.25, 0.3) is 0 Å². The molecule has 0 saturated carbocycles. The minimum absolute atomic E-state index is 0.108. The zero-order chi connectivity index (χ0) is 11.3. The van der Waals surface area contributed by atoms with Crippen LogP contribution in [0.25, 0.3) is 0 Å². The molecule has 0 aliphatic heterocycles. The number of aromatic nitrogens is 2. The molecule has 0 saturated heterocycles. The average molecular weight is 205 g/mol. The number of amides is 1. The number of hydrogen-bond donors (Lipinski definition) is 1. The molecule has 1 amide bonds. The van der Waals surface area contributed by atoms with Crippen molar-refractivity contribution in [1.82, 2.24) is 15.1 Å². The van der Waals surface area contributed by atoms with E-state index in [0.717, 1.165) is 6.42 Å². The molecule has 80 valence electrons. The first-order chi connectivity index (χ1) is 7.19. The molecule has 0 aromatic carbocycles.